The Labute approximate surface area is 141 Å². The maximum Gasteiger partial charge on any atom is 0.246 e. The van der Waals surface area contributed by atoms with E-state index in [4.69, 9.17) is 0 Å². The predicted octanol–water partition coefficient (Wildman–Crippen LogP) is 2.31. The molecule has 3 atom stereocenters. The van der Waals surface area contributed by atoms with Gasteiger partial charge in [-0.05, 0) is 30.7 Å². The average molecular weight is 330 g/mol. The topological polar surface area (TPSA) is 40.6 Å². The summed E-state index contributed by atoms with van der Waals surface area (Å²) in [4.78, 5) is 29.2. The van der Waals surface area contributed by atoms with Gasteiger partial charge in [-0.3, -0.25) is 9.59 Å². The Kier molecular flexibility index (Phi) is 3.84. The van der Waals surface area contributed by atoms with Gasteiger partial charge in [-0.2, -0.15) is 0 Å². The molecule has 1 aromatic carbocycles. The second-order valence-corrected chi connectivity index (χ2v) is 7.86. The third-order valence-electron chi connectivity index (χ3n) is 5.23. The van der Waals surface area contributed by atoms with E-state index < -0.39 is 0 Å². The molecule has 4 rings (SSSR count). The van der Waals surface area contributed by atoms with Gasteiger partial charge < -0.3 is 9.80 Å². The van der Waals surface area contributed by atoms with Crippen molar-refractivity contribution in [1.29, 1.82) is 0 Å². The molecule has 1 aromatic rings. The van der Waals surface area contributed by atoms with Crippen LogP contribution < -0.4 is 0 Å². The summed E-state index contributed by atoms with van der Waals surface area (Å²) in [7, 11) is 1.88. The highest BCUT2D eigenvalue weighted by atomic mass is 32.2. The van der Waals surface area contributed by atoms with Gasteiger partial charge >= 0.3 is 0 Å². The minimum atomic E-state index is -0.255. The molecule has 122 valence electrons. The summed E-state index contributed by atoms with van der Waals surface area (Å²) in [6.07, 6.45) is 3.13. The van der Waals surface area contributed by atoms with E-state index in [-0.39, 0.29) is 23.8 Å². The SMILES string of the molecule is CN(C(=O)[C@@H]1CSCN1C(=O)[C@@H]1C[C@H]1c1ccccc1)C1CC1. The second kappa shape index (κ2) is 5.86. The molecule has 0 unspecified atom stereocenters. The summed E-state index contributed by atoms with van der Waals surface area (Å²) >= 11 is 1.70. The lowest BCUT2D eigenvalue weighted by Gasteiger charge is -2.27. The van der Waals surface area contributed by atoms with Crippen LogP contribution in [0.25, 0.3) is 0 Å². The van der Waals surface area contributed by atoms with Gasteiger partial charge in [0.25, 0.3) is 0 Å². The van der Waals surface area contributed by atoms with Crippen LogP contribution in [0.5, 0.6) is 0 Å². The molecule has 5 heteroatoms. The highest BCUT2D eigenvalue weighted by molar-refractivity contribution is 7.99. The molecule has 0 radical (unpaired) electrons. The van der Waals surface area contributed by atoms with Crippen LogP contribution in [-0.2, 0) is 9.59 Å². The van der Waals surface area contributed by atoms with Crippen LogP contribution in [0, 0.1) is 5.92 Å². The zero-order chi connectivity index (χ0) is 16.0. The predicted molar refractivity (Wildman–Crippen MR) is 91.0 cm³/mol. The third kappa shape index (κ3) is 2.87. The Morgan fingerprint density at radius 2 is 1.96 bits per heavy atom. The number of hydrogen-bond acceptors (Lipinski definition) is 3. The normalized spacial score (nSPS) is 29.4. The van der Waals surface area contributed by atoms with Crippen LogP contribution in [0.3, 0.4) is 0 Å². The molecule has 1 aliphatic heterocycles. The first-order valence-electron chi connectivity index (χ1n) is 8.36. The summed E-state index contributed by atoms with van der Waals surface area (Å²) in [5.41, 5.74) is 1.25. The maximum absolute atomic E-state index is 12.9. The van der Waals surface area contributed by atoms with Crippen LogP contribution in [-0.4, -0.2) is 52.4 Å². The van der Waals surface area contributed by atoms with Crippen molar-refractivity contribution in [2.24, 2.45) is 5.92 Å². The van der Waals surface area contributed by atoms with E-state index in [1.807, 2.05) is 35.0 Å². The van der Waals surface area contributed by atoms with Crippen LogP contribution in [0.2, 0.25) is 0 Å². The Bertz CT molecular complexity index is 617. The van der Waals surface area contributed by atoms with Crippen LogP contribution >= 0.6 is 11.8 Å². The molecule has 3 fully saturated rings. The van der Waals surface area contributed by atoms with Crippen molar-refractivity contribution in [2.75, 3.05) is 18.7 Å². The monoisotopic (exact) mass is 330 g/mol. The molecule has 0 aromatic heterocycles. The molecule has 1 saturated heterocycles. The van der Waals surface area contributed by atoms with E-state index in [2.05, 4.69) is 12.1 Å². The lowest BCUT2D eigenvalue weighted by molar-refractivity contribution is -0.143. The molecule has 2 amide bonds. The number of nitrogens with zero attached hydrogens (tertiary/aromatic N) is 2. The van der Waals surface area contributed by atoms with Crippen molar-refractivity contribution >= 4 is 23.6 Å². The number of amides is 2. The molecule has 0 bridgehead atoms. The third-order valence-corrected chi connectivity index (χ3v) is 6.24. The van der Waals surface area contributed by atoms with E-state index in [0.29, 0.717) is 17.8 Å². The van der Waals surface area contributed by atoms with Gasteiger partial charge in [-0.15, -0.1) is 11.8 Å². The van der Waals surface area contributed by atoms with Gasteiger partial charge in [0.05, 0.1) is 5.88 Å². The summed E-state index contributed by atoms with van der Waals surface area (Å²) in [5, 5.41) is 0. The van der Waals surface area contributed by atoms with Crippen molar-refractivity contribution in [1.82, 2.24) is 9.80 Å². The van der Waals surface area contributed by atoms with Crippen molar-refractivity contribution in [3.8, 4) is 0 Å². The first-order valence-corrected chi connectivity index (χ1v) is 9.52. The number of carbonyl (C=O) groups is 2. The zero-order valence-corrected chi connectivity index (χ0v) is 14.2. The lowest BCUT2D eigenvalue weighted by Crippen LogP contribution is -2.49. The molecule has 2 saturated carbocycles. The molecular formula is C18H22N2O2S. The largest absolute Gasteiger partial charge is 0.341 e. The fraction of sp³-hybridized carbons (Fsp3) is 0.556. The Hall–Kier alpha value is -1.49. The standard InChI is InChI=1S/C18H22N2O2S/c1-19(13-7-8-13)18(22)16-10-23-11-20(16)17(21)15-9-14(15)12-5-3-2-4-6-12/h2-6,13-16H,7-11H2,1H3/t14-,15+,16-/m0/s1. The Morgan fingerprint density at radius 3 is 2.65 bits per heavy atom. The maximum atomic E-state index is 12.9. The van der Waals surface area contributed by atoms with Crippen molar-refractivity contribution in [3.63, 3.8) is 0 Å². The van der Waals surface area contributed by atoms with Crippen LogP contribution in [0.1, 0.15) is 30.7 Å². The van der Waals surface area contributed by atoms with Gasteiger partial charge in [0.1, 0.15) is 6.04 Å². The number of hydrogen-bond donors (Lipinski definition) is 0. The summed E-state index contributed by atoms with van der Waals surface area (Å²) in [6.45, 7) is 0. The Morgan fingerprint density at radius 1 is 1.22 bits per heavy atom. The van der Waals surface area contributed by atoms with Gasteiger partial charge in [0, 0.05) is 24.8 Å². The Balaban J connectivity index is 1.43. The number of thioether (sulfide) groups is 1. The summed E-state index contributed by atoms with van der Waals surface area (Å²) in [6, 6.07) is 10.4. The zero-order valence-electron chi connectivity index (χ0n) is 13.4. The number of likely N-dealkylation sites (N-methyl/N-ethyl adjacent to an activating group) is 1. The van der Waals surface area contributed by atoms with Gasteiger partial charge in [0.15, 0.2) is 0 Å². The molecule has 0 spiro atoms. The first-order chi connectivity index (χ1) is 11.2. The average Bonchev–Trinajstić information content (AvgIpc) is 3.50. The van der Waals surface area contributed by atoms with Crippen molar-refractivity contribution in [2.45, 2.75) is 37.3 Å². The van der Waals surface area contributed by atoms with Crippen molar-refractivity contribution < 1.29 is 9.59 Å². The number of carbonyl (C=O) groups excluding carboxylic acids is 2. The van der Waals surface area contributed by atoms with E-state index in [1.165, 1.54) is 5.56 Å². The number of rotatable bonds is 4. The molecule has 3 aliphatic rings. The van der Waals surface area contributed by atoms with Gasteiger partial charge in [-0.1, -0.05) is 30.3 Å². The van der Waals surface area contributed by atoms with Crippen LogP contribution in [0.15, 0.2) is 30.3 Å². The molecule has 1 heterocycles. The first kappa shape index (κ1) is 15.1. The number of benzene rings is 1. The minimum Gasteiger partial charge on any atom is -0.341 e. The molecular weight excluding hydrogens is 308 g/mol. The molecule has 2 aliphatic carbocycles. The lowest BCUT2D eigenvalue weighted by atomic mass is 10.1. The molecule has 4 nitrogen and oxygen atoms in total. The summed E-state index contributed by atoms with van der Waals surface area (Å²) in [5.74, 6) is 2.11. The van der Waals surface area contributed by atoms with E-state index in [0.717, 1.165) is 25.0 Å². The molecule has 0 N–H and O–H groups in total. The quantitative estimate of drug-likeness (QED) is 0.851. The fourth-order valence-corrected chi connectivity index (χ4v) is 4.65. The van der Waals surface area contributed by atoms with Crippen molar-refractivity contribution in [3.05, 3.63) is 35.9 Å². The highest BCUT2D eigenvalue weighted by Crippen LogP contribution is 2.49. The minimum absolute atomic E-state index is 0.0673. The summed E-state index contributed by atoms with van der Waals surface area (Å²) < 4.78 is 0. The van der Waals surface area contributed by atoms with Gasteiger partial charge in [0.2, 0.25) is 11.8 Å². The second-order valence-electron chi connectivity index (χ2n) is 6.86. The van der Waals surface area contributed by atoms with E-state index >= 15 is 0 Å². The smallest absolute Gasteiger partial charge is 0.246 e. The van der Waals surface area contributed by atoms with Gasteiger partial charge in [-0.25, -0.2) is 0 Å². The fourth-order valence-electron chi connectivity index (χ4n) is 3.49. The van der Waals surface area contributed by atoms with E-state index in [9.17, 15) is 9.59 Å². The highest BCUT2D eigenvalue weighted by Gasteiger charge is 2.49. The van der Waals surface area contributed by atoms with Crippen LogP contribution in [0.4, 0.5) is 0 Å². The molecule has 23 heavy (non-hydrogen) atoms. The van der Waals surface area contributed by atoms with E-state index in [1.54, 1.807) is 11.8 Å².